The summed E-state index contributed by atoms with van der Waals surface area (Å²) in [6.07, 6.45) is 1.98. The number of rotatable bonds is 7. The first-order valence-electron chi connectivity index (χ1n) is 8.86. The zero-order valence-electron chi connectivity index (χ0n) is 15.5. The molecule has 29 heavy (non-hydrogen) atoms. The standard InChI is InChI=1S/C21H18ClNO4S2/c1-2-17(20(25)26)23-19(24)18(29-21(23)28)11-14-4-3-5-16(10-14)27-12-13-6-8-15(22)9-7-13/h3-11,17H,2,12H2,1H3,(H,25,26)/b18-11-. The summed E-state index contributed by atoms with van der Waals surface area (Å²) in [5.41, 5.74) is 1.75. The largest absolute Gasteiger partial charge is 0.489 e. The first kappa shape index (κ1) is 21.4. The fourth-order valence-electron chi connectivity index (χ4n) is 2.81. The number of nitrogens with zero attached hydrogens (tertiary/aromatic N) is 1. The zero-order chi connectivity index (χ0) is 21.0. The third kappa shape index (κ3) is 5.18. The van der Waals surface area contributed by atoms with Crippen molar-refractivity contribution in [3.63, 3.8) is 0 Å². The van der Waals surface area contributed by atoms with Crippen LogP contribution in [0.2, 0.25) is 5.02 Å². The van der Waals surface area contributed by atoms with E-state index < -0.39 is 12.0 Å². The van der Waals surface area contributed by atoms with Crippen molar-refractivity contribution in [2.24, 2.45) is 0 Å². The van der Waals surface area contributed by atoms with Crippen molar-refractivity contribution < 1.29 is 19.4 Å². The molecule has 1 N–H and O–H groups in total. The van der Waals surface area contributed by atoms with E-state index in [0.717, 1.165) is 22.9 Å². The Labute approximate surface area is 183 Å². The molecule has 5 nitrogen and oxygen atoms in total. The van der Waals surface area contributed by atoms with Crippen molar-refractivity contribution >= 4 is 57.9 Å². The van der Waals surface area contributed by atoms with Gasteiger partial charge in [-0.3, -0.25) is 9.69 Å². The van der Waals surface area contributed by atoms with Crippen LogP contribution in [0.1, 0.15) is 24.5 Å². The summed E-state index contributed by atoms with van der Waals surface area (Å²) < 4.78 is 6.07. The quantitative estimate of drug-likeness (QED) is 0.476. The number of hydrogen-bond donors (Lipinski definition) is 1. The fraction of sp³-hybridized carbons (Fsp3) is 0.190. The molecule has 2 aromatic carbocycles. The van der Waals surface area contributed by atoms with Gasteiger partial charge >= 0.3 is 5.97 Å². The zero-order valence-corrected chi connectivity index (χ0v) is 17.9. The Morgan fingerprint density at radius 3 is 2.69 bits per heavy atom. The molecule has 2 aromatic rings. The minimum absolute atomic E-state index is 0.255. The molecule has 1 amide bonds. The highest BCUT2D eigenvalue weighted by atomic mass is 35.5. The van der Waals surface area contributed by atoms with Crippen molar-refractivity contribution in [2.75, 3.05) is 0 Å². The molecule has 1 unspecified atom stereocenters. The first-order valence-corrected chi connectivity index (χ1v) is 10.5. The molecule has 0 saturated carbocycles. The van der Waals surface area contributed by atoms with E-state index >= 15 is 0 Å². The van der Waals surface area contributed by atoms with Crippen molar-refractivity contribution in [2.45, 2.75) is 26.0 Å². The number of thiocarbonyl (C=S) groups is 1. The number of aliphatic carboxylic acids is 1. The van der Waals surface area contributed by atoms with Crippen LogP contribution >= 0.6 is 35.6 Å². The minimum Gasteiger partial charge on any atom is -0.489 e. The number of benzene rings is 2. The molecular weight excluding hydrogens is 430 g/mol. The van der Waals surface area contributed by atoms with E-state index in [1.165, 1.54) is 4.90 Å². The predicted octanol–water partition coefficient (Wildman–Crippen LogP) is 4.98. The molecule has 8 heteroatoms. The molecule has 0 aliphatic carbocycles. The lowest BCUT2D eigenvalue weighted by Gasteiger charge is -2.21. The first-order chi connectivity index (χ1) is 13.9. The lowest BCUT2D eigenvalue weighted by atomic mass is 10.1. The van der Waals surface area contributed by atoms with Crippen LogP contribution in [0.15, 0.2) is 53.4 Å². The van der Waals surface area contributed by atoms with Gasteiger partial charge in [0.05, 0.1) is 4.91 Å². The van der Waals surface area contributed by atoms with Crippen LogP contribution in [-0.4, -0.2) is 32.2 Å². The number of carbonyl (C=O) groups excluding carboxylic acids is 1. The molecule has 0 bridgehead atoms. The molecule has 150 valence electrons. The molecule has 0 spiro atoms. The highest BCUT2D eigenvalue weighted by molar-refractivity contribution is 8.26. The van der Waals surface area contributed by atoms with Gasteiger partial charge in [-0.25, -0.2) is 4.79 Å². The van der Waals surface area contributed by atoms with Crippen LogP contribution in [0.4, 0.5) is 0 Å². The molecule has 1 fully saturated rings. The number of thioether (sulfide) groups is 1. The monoisotopic (exact) mass is 447 g/mol. The van der Waals surface area contributed by atoms with E-state index in [9.17, 15) is 14.7 Å². The van der Waals surface area contributed by atoms with Gasteiger partial charge in [0.1, 0.15) is 22.7 Å². The number of ether oxygens (including phenoxy) is 1. The highest BCUT2D eigenvalue weighted by Gasteiger charge is 2.39. The third-order valence-electron chi connectivity index (χ3n) is 4.28. The van der Waals surface area contributed by atoms with Gasteiger partial charge in [-0.2, -0.15) is 0 Å². The van der Waals surface area contributed by atoms with Crippen LogP contribution in [-0.2, 0) is 16.2 Å². The number of carboxylic acid groups (broad SMARTS) is 1. The van der Waals surface area contributed by atoms with E-state index in [1.807, 2.05) is 36.4 Å². The van der Waals surface area contributed by atoms with Gasteiger partial charge in [-0.05, 0) is 47.9 Å². The van der Waals surface area contributed by atoms with Crippen LogP contribution in [0.25, 0.3) is 6.08 Å². The average Bonchev–Trinajstić information content (AvgIpc) is 2.96. The van der Waals surface area contributed by atoms with E-state index in [-0.39, 0.29) is 16.6 Å². The number of amides is 1. The van der Waals surface area contributed by atoms with E-state index in [0.29, 0.717) is 22.3 Å². The normalized spacial score (nSPS) is 16.3. The number of carboxylic acids is 1. The van der Waals surface area contributed by atoms with Crippen molar-refractivity contribution in [3.8, 4) is 5.75 Å². The van der Waals surface area contributed by atoms with Gasteiger partial charge in [-0.15, -0.1) is 0 Å². The van der Waals surface area contributed by atoms with Crippen LogP contribution in [0.3, 0.4) is 0 Å². The van der Waals surface area contributed by atoms with Crippen LogP contribution in [0.5, 0.6) is 5.75 Å². The summed E-state index contributed by atoms with van der Waals surface area (Å²) >= 11 is 12.2. The van der Waals surface area contributed by atoms with Gasteiger partial charge < -0.3 is 9.84 Å². The summed E-state index contributed by atoms with van der Waals surface area (Å²) in [6.45, 7) is 2.10. The molecule has 1 atom stereocenters. The average molecular weight is 448 g/mol. The molecule has 1 heterocycles. The molecular formula is C21H18ClNO4S2. The van der Waals surface area contributed by atoms with Gasteiger partial charge in [0.2, 0.25) is 0 Å². The SMILES string of the molecule is CCC(C(=O)O)N1C(=O)/C(=C/c2cccc(OCc3ccc(Cl)cc3)c2)SC1=S. The summed E-state index contributed by atoms with van der Waals surface area (Å²) in [4.78, 5) is 25.7. The smallest absolute Gasteiger partial charge is 0.326 e. The van der Waals surface area contributed by atoms with E-state index in [1.54, 1.807) is 25.1 Å². The predicted molar refractivity (Wildman–Crippen MR) is 119 cm³/mol. The van der Waals surface area contributed by atoms with Gasteiger partial charge in [0.15, 0.2) is 0 Å². The Morgan fingerprint density at radius 1 is 1.31 bits per heavy atom. The molecule has 3 rings (SSSR count). The maximum atomic E-state index is 12.7. The molecule has 1 aliphatic heterocycles. The summed E-state index contributed by atoms with van der Waals surface area (Å²) in [6, 6.07) is 13.8. The van der Waals surface area contributed by atoms with Gasteiger partial charge in [0.25, 0.3) is 5.91 Å². The van der Waals surface area contributed by atoms with Crippen molar-refractivity contribution in [1.82, 2.24) is 4.90 Å². The van der Waals surface area contributed by atoms with Crippen LogP contribution in [0, 0.1) is 0 Å². The Hall–Kier alpha value is -2.35. The Kier molecular flexibility index (Phi) is 6.95. The Morgan fingerprint density at radius 2 is 2.03 bits per heavy atom. The second-order valence-corrected chi connectivity index (χ2v) is 8.41. The number of carbonyl (C=O) groups is 2. The number of halogens is 1. The topological polar surface area (TPSA) is 66.8 Å². The maximum Gasteiger partial charge on any atom is 0.326 e. The second-order valence-electron chi connectivity index (χ2n) is 6.30. The van der Waals surface area contributed by atoms with Crippen molar-refractivity contribution in [1.29, 1.82) is 0 Å². The maximum absolute atomic E-state index is 12.7. The Balaban J connectivity index is 1.74. The minimum atomic E-state index is -1.07. The highest BCUT2D eigenvalue weighted by Crippen LogP contribution is 2.35. The second kappa shape index (κ2) is 9.43. The molecule has 0 aromatic heterocycles. The lowest BCUT2D eigenvalue weighted by Crippen LogP contribution is -2.43. The van der Waals surface area contributed by atoms with Gasteiger partial charge in [0, 0.05) is 5.02 Å². The molecule has 1 aliphatic rings. The van der Waals surface area contributed by atoms with E-state index in [2.05, 4.69) is 0 Å². The molecule has 0 radical (unpaired) electrons. The van der Waals surface area contributed by atoms with Crippen LogP contribution < -0.4 is 4.74 Å². The third-order valence-corrected chi connectivity index (χ3v) is 5.86. The summed E-state index contributed by atoms with van der Waals surface area (Å²) in [7, 11) is 0. The number of hydrogen-bond acceptors (Lipinski definition) is 5. The summed E-state index contributed by atoms with van der Waals surface area (Å²) in [5, 5.41) is 10.0. The van der Waals surface area contributed by atoms with E-state index in [4.69, 9.17) is 28.6 Å². The molecule has 1 saturated heterocycles. The fourth-order valence-corrected chi connectivity index (χ4v) is 4.29. The lowest BCUT2D eigenvalue weighted by molar-refractivity contribution is -0.145. The van der Waals surface area contributed by atoms with Crippen molar-refractivity contribution in [3.05, 3.63) is 69.6 Å². The summed E-state index contributed by atoms with van der Waals surface area (Å²) in [5.74, 6) is -0.800. The Bertz CT molecular complexity index is 975. The van der Waals surface area contributed by atoms with Gasteiger partial charge in [-0.1, -0.05) is 66.8 Å².